The van der Waals surface area contributed by atoms with Crippen molar-refractivity contribution in [3.63, 3.8) is 0 Å². The van der Waals surface area contributed by atoms with Gasteiger partial charge in [0.2, 0.25) is 0 Å². The lowest BCUT2D eigenvalue weighted by molar-refractivity contribution is 0.0535. The fourth-order valence-electron chi connectivity index (χ4n) is 1.30. The number of nitrogens with one attached hydrogen (secondary N) is 1. The second kappa shape index (κ2) is 6.62. The van der Waals surface area contributed by atoms with Crippen LogP contribution in [0.15, 0.2) is 18.2 Å². The van der Waals surface area contributed by atoms with Gasteiger partial charge in [-0.1, -0.05) is 11.8 Å². The summed E-state index contributed by atoms with van der Waals surface area (Å²) in [4.78, 5) is 22.0. The largest absolute Gasteiger partial charge is 0.507 e. The first-order chi connectivity index (χ1) is 9.31. The quantitative estimate of drug-likeness (QED) is 0.640. The Morgan fingerprint density at radius 1 is 1.45 bits per heavy atom. The van der Waals surface area contributed by atoms with Crippen molar-refractivity contribution in [2.45, 2.75) is 26.4 Å². The van der Waals surface area contributed by atoms with Crippen molar-refractivity contribution in [2.24, 2.45) is 0 Å². The standard InChI is InChI=1S/C15H17NO4/c1-15(2,3)20-14(19)16-8-4-5-11-6-7-13(18)12(9-11)10-17/h6-7,9-10,18H,8H2,1-3H3,(H,16,19). The van der Waals surface area contributed by atoms with Gasteiger partial charge in [-0.05, 0) is 39.0 Å². The lowest BCUT2D eigenvalue weighted by Crippen LogP contribution is -2.32. The Balaban J connectivity index is 2.55. The van der Waals surface area contributed by atoms with Gasteiger partial charge < -0.3 is 15.2 Å². The number of aldehydes is 1. The Bertz CT molecular complexity index is 561. The summed E-state index contributed by atoms with van der Waals surface area (Å²) in [5.41, 5.74) is 0.209. The van der Waals surface area contributed by atoms with E-state index in [0.717, 1.165) is 0 Å². The minimum Gasteiger partial charge on any atom is -0.507 e. The molecule has 0 unspecified atom stereocenters. The van der Waals surface area contributed by atoms with Crippen LogP contribution in [0.5, 0.6) is 5.75 Å². The van der Waals surface area contributed by atoms with Gasteiger partial charge in [-0.3, -0.25) is 4.79 Å². The van der Waals surface area contributed by atoms with Gasteiger partial charge in [-0.25, -0.2) is 4.79 Å². The summed E-state index contributed by atoms with van der Waals surface area (Å²) in [6.45, 7) is 5.45. The third-order valence-electron chi connectivity index (χ3n) is 2.11. The Hall–Kier alpha value is -2.48. The number of benzene rings is 1. The minimum absolute atomic E-state index is 0.0857. The van der Waals surface area contributed by atoms with Crippen LogP contribution in [-0.4, -0.2) is 29.6 Å². The van der Waals surface area contributed by atoms with Crippen molar-refractivity contribution in [3.8, 4) is 17.6 Å². The van der Waals surface area contributed by atoms with E-state index < -0.39 is 11.7 Å². The average molecular weight is 275 g/mol. The Kier molecular flexibility index (Phi) is 5.15. The molecule has 0 aliphatic heterocycles. The molecule has 0 fully saturated rings. The number of aromatic hydroxyl groups is 1. The van der Waals surface area contributed by atoms with Crippen molar-refractivity contribution in [1.29, 1.82) is 0 Å². The monoisotopic (exact) mass is 275 g/mol. The molecule has 0 bridgehead atoms. The van der Waals surface area contributed by atoms with E-state index in [-0.39, 0.29) is 17.9 Å². The van der Waals surface area contributed by atoms with Crippen LogP contribution in [0.3, 0.4) is 0 Å². The summed E-state index contributed by atoms with van der Waals surface area (Å²) in [6.07, 6.45) is 0.0190. The highest BCUT2D eigenvalue weighted by atomic mass is 16.6. The van der Waals surface area contributed by atoms with E-state index in [1.165, 1.54) is 12.1 Å². The predicted octanol–water partition coefficient (Wildman–Crippen LogP) is 2.08. The second-order valence-electron chi connectivity index (χ2n) is 5.05. The van der Waals surface area contributed by atoms with Crippen LogP contribution in [0.2, 0.25) is 0 Å². The summed E-state index contributed by atoms with van der Waals surface area (Å²) in [5.74, 6) is 5.42. The predicted molar refractivity (Wildman–Crippen MR) is 74.6 cm³/mol. The van der Waals surface area contributed by atoms with E-state index in [1.807, 2.05) is 0 Å². The number of hydrogen-bond donors (Lipinski definition) is 2. The molecule has 0 saturated heterocycles. The van der Waals surface area contributed by atoms with Gasteiger partial charge in [0.1, 0.15) is 11.4 Å². The number of phenolic OH excluding ortho intramolecular Hbond substituents is 1. The highest BCUT2D eigenvalue weighted by molar-refractivity contribution is 5.79. The molecule has 1 rings (SSSR count). The highest BCUT2D eigenvalue weighted by Crippen LogP contribution is 2.15. The third-order valence-corrected chi connectivity index (χ3v) is 2.11. The minimum atomic E-state index is -0.548. The molecular formula is C15H17NO4. The number of phenols is 1. The topological polar surface area (TPSA) is 75.6 Å². The fraction of sp³-hybridized carbons (Fsp3) is 0.333. The number of hydrogen-bond acceptors (Lipinski definition) is 4. The first-order valence-corrected chi connectivity index (χ1v) is 6.06. The molecule has 0 aromatic heterocycles. The first kappa shape index (κ1) is 15.6. The molecule has 0 heterocycles. The van der Waals surface area contributed by atoms with E-state index in [9.17, 15) is 14.7 Å². The zero-order chi connectivity index (χ0) is 15.2. The van der Waals surface area contributed by atoms with Crippen LogP contribution >= 0.6 is 0 Å². The lowest BCUT2D eigenvalue weighted by atomic mass is 10.1. The van der Waals surface area contributed by atoms with Crippen molar-refractivity contribution < 1.29 is 19.4 Å². The van der Waals surface area contributed by atoms with Crippen LogP contribution in [0, 0.1) is 11.8 Å². The second-order valence-corrected chi connectivity index (χ2v) is 5.05. The Labute approximate surface area is 117 Å². The van der Waals surface area contributed by atoms with Crippen LogP contribution in [0.25, 0.3) is 0 Å². The van der Waals surface area contributed by atoms with E-state index in [2.05, 4.69) is 17.2 Å². The number of amides is 1. The van der Waals surface area contributed by atoms with Crippen LogP contribution in [-0.2, 0) is 4.74 Å². The average Bonchev–Trinajstić information content (AvgIpc) is 2.34. The SMILES string of the molecule is CC(C)(C)OC(=O)NCC#Cc1ccc(O)c(C=O)c1. The molecule has 1 aromatic rings. The molecule has 5 heteroatoms. The van der Waals surface area contributed by atoms with Crippen molar-refractivity contribution in [1.82, 2.24) is 5.32 Å². The molecule has 2 N–H and O–H groups in total. The molecule has 0 saturated carbocycles. The molecule has 0 atom stereocenters. The molecule has 20 heavy (non-hydrogen) atoms. The summed E-state index contributed by atoms with van der Waals surface area (Å²) in [7, 11) is 0. The van der Waals surface area contributed by atoms with E-state index in [0.29, 0.717) is 11.8 Å². The molecule has 0 radical (unpaired) electrons. The molecule has 0 spiro atoms. The van der Waals surface area contributed by atoms with Gasteiger partial charge in [-0.15, -0.1) is 0 Å². The zero-order valence-electron chi connectivity index (χ0n) is 11.7. The molecule has 0 aliphatic carbocycles. The van der Waals surface area contributed by atoms with Gasteiger partial charge in [0.05, 0.1) is 12.1 Å². The van der Waals surface area contributed by atoms with E-state index >= 15 is 0 Å². The smallest absolute Gasteiger partial charge is 0.408 e. The Morgan fingerprint density at radius 3 is 2.75 bits per heavy atom. The normalized spacial score (nSPS) is 10.2. The van der Waals surface area contributed by atoms with Crippen molar-refractivity contribution >= 4 is 12.4 Å². The van der Waals surface area contributed by atoms with Gasteiger partial charge in [-0.2, -0.15) is 0 Å². The van der Waals surface area contributed by atoms with Crippen LogP contribution < -0.4 is 5.32 Å². The molecule has 0 aliphatic rings. The van der Waals surface area contributed by atoms with Gasteiger partial charge in [0, 0.05) is 5.56 Å². The van der Waals surface area contributed by atoms with Crippen LogP contribution in [0.4, 0.5) is 4.79 Å². The lowest BCUT2D eigenvalue weighted by Gasteiger charge is -2.18. The van der Waals surface area contributed by atoms with Gasteiger partial charge in [0.15, 0.2) is 6.29 Å². The summed E-state index contributed by atoms with van der Waals surface area (Å²) in [5, 5.41) is 11.8. The maximum atomic E-state index is 11.3. The Morgan fingerprint density at radius 2 is 2.15 bits per heavy atom. The molecular weight excluding hydrogens is 258 g/mol. The highest BCUT2D eigenvalue weighted by Gasteiger charge is 2.14. The van der Waals surface area contributed by atoms with Gasteiger partial charge in [0.25, 0.3) is 0 Å². The summed E-state index contributed by atoms with van der Waals surface area (Å²) in [6, 6.07) is 4.46. The van der Waals surface area contributed by atoms with Crippen molar-refractivity contribution in [3.05, 3.63) is 29.3 Å². The van der Waals surface area contributed by atoms with Crippen molar-refractivity contribution in [2.75, 3.05) is 6.54 Å². The molecule has 106 valence electrons. The summed E-state index contributed by atoms with van der Waals surface area (Å²) >= 11 is 0. The number of alkyl carbamates (subject to hydrolysis) is 1. The van der Waals surface area contributed by atoms with Gasteiger partial charge >= 0.3 is 6.09 Å². The maximum absolute atomic E-state index is 11.3. The first-order valence-electron chi connectivity index (χ1n) is 6.06. The number of ether oxygens (including phenoxy) is 1. The number of carbonyl (C=O) groups excluding carboxylic acids is 2. The molecule has 5 nitrogen and oxygen atoms in total. The van der Waals surface area contributed by atoms with E-state index in [1.54, 1.807) is 26.8 Å². The van der Waals surface area contributed by atoms with E-state index in [4.69, 9.17) is 4.74 Å². The molecule has 1 aromatic carbocycles. The summed E-state index contributed by atoms with van der Waals surface area (Å²) < 4.78 is 5.05. The molecule has 1 amide bonds. The number of carbonyl (C=O) groups is 2. The maximum Gasteiger partial charge on any atom is 0.408 e. The van der Waals surface area contributed by atoms with Crippen LogP contribution in [0.1, 0.15) is 36.7 Å². The fourth-order valence-corrected chi connectivity index (χ4v) is 1.30. The zero-order valence-corrected chi connectivity index (χ0v) is 11.7. The third kappa shape index (κ3) is 5.44. The number of rotatable bonds is 2.